The van der Waals surface area contributed by atoms with E-state index >= 15 is 0 Å². The highest BCUT2D eigenvalue weighted by Crippen LogP contribution is 2.40. The number of aromatic nitrogens is 3. The Kier molecular flexibility index (Phi) is 5.45. The molecule has 31 heavy (non-hydrogen) atoms. The van der Waals surface area contributed by atoms with E-state index in [1.54, 1.807) is 0 Å². The molecule has 0 bridgehead atoms. The quantitative estimate of drug-likeness (QED) is 0.727. The normalized spacial score (nSPS) is 20.9. The average molecular weight is 433 g/mol. The van der Waals surface area contributed by atoms with Crippen molar-refractivity contribution in [3.63, 3.8) is 0 Å². The molecule has 0 N–H and O–H groups in total. The van der Waals surface area contributed by atoms with Crippen molar-refractivity contribution in [1.82, 2.24) is 15.0 Å². The van der Waals surface area contributed by atoms with Crippen LogP contribution in [0.25, 0.3) is 0 Å². The number of alkyl halides is 3. The predicted molar refractivity (Wildman–Crippen MR) is 110 cm³/mol. The lowest BCUT2D eigenvalue weighted by Gasteiger charge is -2.36. The summed E-state index contributed by atoms with van der Waals surface area (Å²) in [6.07, 6.45) is 0.850. The van der Waals surface area contributed by atoms with E-state index in [4.69, 9.17) is 14.7 Å². The molecule has 0 amide bonds. The third-order valence-electron chi connectivity index (χ3n) is 6.33. The Balaban J connectivity index is 1.29. The van der Waals surface area contributed by atoms with Crippen molar-refractivity contribution in [1.29, 1.82) is 0 Å². The highest BCUT2D eigenvalue weighted by Gasteiger charge is 2.32. The minimum atomic E-state index is -4.36. The molecule has 2 saturated heterocycles. The van der Waals surface area contributed by atoms with Gasteiger partial charge in [-0.1, -0.05) is 0 Å². The lowest BCUT2D eigenvalue weighted by Crippen LogP contribution is -2.47. The summed E-state index contributed by atoms with van der Waals surface area (Å²) >= 11 is 0. The fourth-order valence-electron chi connectivity index (χ4n) is 4.27. The van der Waals surface area contributed by atoms with Crippen LogP contribution in [0.2, 0.25) is 0 Å². The zero-order chi connectivity index (χ0) is 21.4. The molecule has 0 radical (unpaired) electrons. The molecule has 3 aliphatic rings. The maximum atomic E-state index is 12.8. The Hall–Kier alpha value is -2.42. The molecule has 1 saturated carbocycles. The van der Waals surface area contributed by atoms with Crippen molar-refractivity contribution < 1.29 is 17.9 Å². The first-order valence-corrected chi connectivity index (χ1v) is 11.0. The monoisotopic (exact) mass is 433 g/mol. The van der Waals surface area contributed by atoms with Gasteiger partial charge in [0.15, 0.2) is 0 Å². The Morgan fingerprint density at radius 3 is 2.10 bits per heavy atom. The highest BCUT2D eigenvalue weighted by atomic mass is 19.4. The van der Waals surface area contributed by atoms with Crippen LogP contribution < -0.4 is 9.80 Å². The molecule has 0 spiro atoms. The van der Waals surface area contributed by atoms with Gasteiger partial charge >= 0.3 is 6.18 Å². The van der Waals surface area contributed by atoms with Gasteiger partial charge in [0.2, 0.25) is 0 Å². The topological polar surface area (TPSA) is 54.4 Å². The van der Waals surface area contributed by atoms with Gasteiger partial charge in [-0.3, -0.25) is 0 Å². The summed E-state index contributed by atoms with van der Waals surface area (Å²) in [5.74, 6) is 3.42. The predicted octanol–water partition coefficient (Wildman–Crippen LogP) is 3.99. The first-order valence-electron chi connectivity index (χ1n) is 11.0. The molecule has 2 aromatic rings. The van der Waals surface area contributed by atoms with E-state index in [0.717, 1.165) is 81.6 Å². The molecule has 6 nitrogen and oxygen atoms in total. The number of halogens is 3. The summed E-state index contributed by atoms with van der Waals surface area (Å²) in [6, 6.07) is 4.69. The Morgan fingerprint density at radius 2 is 1.52 bits per heavy atom. The van der Waals surface area contributed by atoms with Crippen LogP contribution in [0.5, 0.6) is 0 Å². The van der Waals surface area contributed by atoms with Gasteiger partial charge in [-0.15, -0.1) is 0 Å². The van der Waals surface area contributed by atoms with Gasteiger partial charge in [-0.2, -0.15) is 13.2 Å². The molecule has 2 aliphatic heterocycles. The maximum absolute atomic E-state index is 12.8. The van der Waals surface area contributed by atoms with Gasteiger partial charge in [0, 0.05) is 69.2 Å². The van der Waals surface area contributed by atoms with Crippen molar-refractivity contribution in [2.75, 3.05) is 49.2 Å². The third kappa shape index (κ3) is 4.61. The molecule has 1 aliphatic carbocycles. The van der Waals surface area contributed by atoms with Gasteiger partial charge in [0.1, 0.15) is 17.5 Å². The lowest BCUT2D eigenvalue weighted by atomic mass is 9.96. The minimum absolute atomic E-state index is 0.422. The Labute approximate surface area is 179 Å². The van der Waals surface area contributed by atoms with Crippen molar-refractivity contribution in [2.45, 2.75) is 43.7 Å². The Bertz CT molecular complexity index is 902. The second kappa shape index (κ2) is 8.26. The van der Waals surface area contributed by atoms with Gasteiger partial charge < -0.3 is 14.5 Å². The zero-order valence-corrected chi connectivity index (χ0v) is 17.3. The number of hydrogen-bond donors (Lipinski definition) is 0. The van der Waals surface area contributed by atoms with Crippen LogP contribution in [0.1, 0.15) is 54.6 Å². The van der Waals surface area contributed by atoms with Crippen LogP contribution >= 0.6 is 0 Å². The molecular formula is C22H26F3N5O. The molecule has 5 rings (SSSR count). The molecule has 0 aromatic carbocycles. The summed E-state index contributed by atoms with van der Waals surface area (Å²) in [4.78, 5) is 18.1. The SMILES string of the molecule is FC(F)(F)c1ccc(N2CCN(c3cc(C4CCOCC4)nc(C4CC4)n3)CC2)nc1. The molecule has 4 heterocycles. The summed E-state index contributed by atoms with van der Waals surface area (Å²) < 4.78 is 43.9. The molecule has 0 unspecified atom stereocenters. The molecule has 2 aromatic heterocycles. The van der Waals surface area contributed by atoms with Crippen molar-refractivity contribution in [3.05, 3.63) is 41.5 Å². The second-order valence-electron chi connectivity index (χ2n) is 8.55. The van der Waals surface area contributed by atoms with Gasteiger partial charge in [0.25, 0.3) is 0 Å². The lowest BCUT2D eigenvalue weighted by molar-refractivity contribution is -0.137. The van der Waals surface area contributed by atoms with Crippen LogP contribution in [0.15, 0.2) is 24.4 Å². The van der Waals surface area contributed by atoms with Gasteiger partial charge in [-0.05, 0) is 37.8 Å². The molecule has 0 atom stereocenters. The second-order valence-corrected chi connectivity index (χ2v) is 8.55. The largest absolute Gasteiger partial charge is 0.417 e. The number of ether oxygens (including phenoxy) is 1. The van der Waals surface area contributed by atoms with Gasteiger partial charge in [0.05, 0.1) is 5.56 Å². The van der Waals surface area contributed by atoms with E-state index < -0.39 is 11.7 Å². The van der Waals surface area contributed by atoms with E-state index in [9.17, 15) is 13.2 Å². The molecule has 9 heteroatoms. The number of hydrogen-bond acceptors (Lipinski definition) is 6. The fraction of sp³-hybridized carbons (Fsp3) is 0.591. The number of nitrogens with zero attached hydrogens (tertiary/aromatic N) is 5. The zero-order valence-electron chi connectivity index (χ0n) is 17.3. The summed E-state index contributed by atoms with van der Waals surface area (Å²) in [5.41, 5.74) is 0.408. The van der Waals surface area contributed by atoms with Crippen LogP contribution in [-0.4, -0.2) is 54.3 Å². The van der Waals surface area contributed by atoms with E-state index in [0.29, 0.717) is 30.7 Å². The van der Waals surface area contributed by atoms with E-state index in [-0.39, 0.29) is 0 Å². The fourth-order valence-corrected chi connectivity index (χ4v) is 4.27. The minimum Gasteiger partial charge on any atom is -0.381 e. The number of rotatable bonds is 4. The third-order valence-corrected chi connectivity index (χ3v) is 6.33. The Morgan fingerprint density at radius 1 is 0.839 bits per heavy atom. The standard InChI is InChI=1S/C22H26F3N5O/c23-22(24,25)17-3-4-19(26-14-17)29-7-9-30(10-8-29)20-13-18(15-5-11-31-12-6-15)27-21(28-20)16-1-2-16/h3-4,13-16H,1-2,5-12H2. The number of anilines is 2. The van der Waals surface area contributed by atoms with E-state index in [2.05, 4.69) is 16.0 Å². The van der Waals surface area contributed by atoms with Crippen LogP contribution in [0.4, 0.5) is 24.8 Å². The first-order chi connectivity index (χ1) is 15.0. The number of piperazine rings is 1. The molecule has 166 valence electrons. The van der Waals surface area contributed by atoms with Crippen LogP contribution in [-0.2, 0) is 10.9 Å². The molecule has 3 fully saturated rings. The average Bonchev–Trinajstić information content (AvgIpc) is 3.65. The van der Waals surface area contributed by atoms with Crippen LogP contribution in [0, 0.1) is 0 Å². The van der Waals surface area contributed by atoms with Gasteiger partial charge in [-0.25, -0.2) is 15.0 Å². The molecular weight excluding hydrogens is 407 g/mol. The van der Waals surface area contributed by atoms with Crippen molar-refractivity contribution in [2.24, 2.45) is 0 Å². The van der Waals surface area contributed by atoms with E-state index in [1.807, 2.05) is 4.90 Å². The van der Waals surface area contributed by atoms with Crippen molar-refractivity contribution >= 4 is 11.6 Å². The number of pyridine rings is 1. The maximum Gasteiger partial charge on any atom is 0.417 e. The van der Waals surface area contributed by atoms with Crippen LogP contribution in [0.3, 0.4) is 0 Å². The first kappa shape index (κ1) is 20.5. The van der Waals surface area contributed by atoms with E-state index in [1.165, 1.54) is 6.07 Å². The summed E-state index contributed by atoms with van der Waals surface area (Å²) in [7, 11) is 0. The van der Waals surface area contributed by atoms with Crippen molar-refractivity contribution in [3.8, 4) is 0 Å². The smallest absolute Gasteiger partial charge is 0.381 e. The summed E-state index contributed by atoms with van der Waals surface area (Å²) in [5, 5.41) is 0. The highest BCUT2D eigenvalue weighted by molar-refractivity contribution is 5.46. The summed E-state index contributed by atoms with van der Waals surface area (Å²) in [6.45, 7) is 4.43.